The number of carbonyl (C=O) groups excluding carboxylic acids is 1. The fourth-order valence-corrected chi connectivity index (χ4v) is 5.77. The smallest absolute Gasteiger partial charge is 0.260 e. The van der Waals surface area contributed by atoms with Crippen LogP contribution in [0.1, 0.15) is 56.3 Å². The van der Waals surface area contributed by atoms with Crippen molar-refractivity contribution in [3.05, 3.63) is 99.0 Å². The molecule has 3 N–H and O–H groups in total. The average Bonchev–Trinajstić information content (AvgIpc) is 3.45. The second kappa shape index (κ2) is 9.56. The monoisotopic (exact) mass is 474 g/mol. The summed E-state index contributed by atoms with van der Waals surface area (Å²) in [6.45, 7) is 4.37. The van der Waals surface area contributed by atoms with Gasteiger partial charge in [-0.15, -0.1) is 0 Å². The van der Waals surface area contributed by atoms with Gasteiger partial charge >= 0.3 is 0 Å². The number of halogens is 1. The fraction of sp³-hybridized carbons (Fsp3) is 0.357. The number of pyridine rings is 1. The van der Waals surface area contributed by atoms with E-state index in [9.17, 15) is 14.0 Å². The molecule has 3 aliphatic rings. The molecule has 3 atom stereocenters. The summed E-state index contributed by atoms with van der Waals surface area (Å²) in [6.07, 6.45) is 10.6. The molecule has 0 bridgehead atoms. The molecule has 1 amide bonds. The maximum absolute atomic E-state index is 13.4. The number of nitrogens with one attached hydrogen (secondary N) is 3. The Labute approximate surface area is 204 Å². The van der Waals surface area contributed by atoms with Gasteiger partial charge in [-0.2, -0.15) is 0 Å². The number of hydrazine groups is 1. The number of fused-ring (bicyclic) bond motifs is 1. The highest BCUT2D eigenvalue weighted by Crippen LogP contribution is 2.49. The van der Waals surface area contributed by atoms with E-state index in [0.717, 1.165) is 43.5 Å². The van der Waals surface area contributed by atoms with Crippen LogP contribution < -0.4 is 21.3 Å². The largest absolute Gasteiger partial charge is 0.349 e. The standard InChI is InChI=1S/C28H31FN4O2/c1-3-5-21(32-28(35)23-6-4-13-30-27(23)34)14-18-7-8-19-15-25-24(17(2)26(18)19)16-31-33(25)22-11-9-20(29)10-12-22/h4,6,9-13,15-18,21,31H,3,5,7-8,14H2,1-2H3,(H,30,34)(H,32,35)/t17-,18+,21?/m0/s1. The summed E-state index contributed by atoms with van der Waals surface area (Å²) in [4.78, 5) is 27.5. The molecule has 2 aromatic rings. The number of H-pyrrole nitrogens is 1. The van der Waals surface area contributed by atoms with Crippen molar-refractivity contribution in [2.24, 2.45) is 11.8 Å². The predicted molar refractivity (Wildman–Crippen MR) is 135 cm³/mol. The van der Waals surface area contributed by atoms with Gasteiger partial charge in [-0.3, -0.25) is 14.6 Å². The molecule has 2 aliphatic carbocycles. The van der Waals surface area contributed by atoms with Crippen LogP contribution in [0, 0.1) is 17.7 Å². The molecule has 1 aromatic carbocycles. The minimum atomic E-state index is -0.365. The van der Waals surface area contributed by atoms with Crippen molar-refractivity contribution in [3.8, 4) is 0 Å². The maximum atomic E-state index is 13.4. The molecule has 1 unspecified atom stereocenters. The Balaban J connectivity index is 1.36. The van der Waals surface area contributed by atoms with Crippen LogP contribution in [-0.4, -0.2) is 16.9 Å². The lowest BCUT2D eigenvalue weighted by Crippen LogP contribution is -2.39. The lowest BCUT2D eigenvalue weighted by molar-refractivity contribution is 0.0928. The van der Waals surface area contributed by atoms with E-state index in [1.807, 2.05) is 11.2 Å². The molecule has 35 heavy (non-hydrogen) atoms. The molecular formula is C28H31FN4O2. The first-order valence-corrected chi connectivity index (χ1v) is 12.4. The molecule has 5 rings (SSSR count). The van der Waals surface area contributed by atoms with Gasteiger partial charge in [-0.1, -0.05) is 25.8 Å². The number of carbonyl (C=O) groups is 1. The Morgan fingerprint density at radius 3 is 2.80 bits per heavy atom. The summed E-state index contributed by atoms with van der Waals surface area (Å²) in [5.74, 6) is 0.0743. The second-order valence-electron chi connectivity index (χ2n) is 9.62. The van der Waals surface area contributed by atoms with E-state index in [0.29, 0.717) is 5.92 Å². The molecule has 2 heterocycles. The van der Waals surface area contributed by atoms with Gasteiger partial charge < -0.3 is 15.7 Å². The predicted octanol–water partition coefficient (Wildman–Crippen LogP) is 4.95. The van der Waals surface area contributed by atoms with Gasteiger partial charge in [0.05, 0.1) is 11.4 Å². The van der Waals surface area contributed by atoms with E-state index in [2.05, 4.69) is 35.7 Å². The van der Waals surface area contributed by atoms with E-state index in [-0.39, 0.29) is 34.8 Å². The van der Waals surface area contributed by atoms with Gasteiger partial charge in [0, 0.05) is 29.9 Å². The van der Waals surface area contributed by atoms with Gasteiger partial charge in [-0.25, -0.2) is 4.39 Å². The summed E-state index contributed by atoms with van der Waals surface area (Å²) >= 11 is 0. The molecule has 0 spiro atoms. The van der Waals surface area contributed by atoms with Crippen LogP contribution in [0.15, 0.2) is 82.1 Å². The summed E-state index contributed by atoms with van der Waals surface area (Å²) in [5.41, 5.74) is 9.20. The zero-order valence-corrected chi connectivity index (χ0v) is 20.1. The van der Waals surface area contributed by atoms with Crippen LogP contribution in [-0.2, 0) is 0 Å². The highest BCUT2D eigenvalue weighted by molar-refractivity contribution is 5.93. The molecule has 0 fully saturated rings. The quantitative estimate of drug-likeness (QED) is 0.531. The SMILES string of the molecule is CCCC(C[C@H]1CCC2=C1[C@@H](C)C1=CNN(c3ccc(F)cc3)C1=C2)NC(=O)c1ccc[nH]c1=O. The van der Waals surface area contributed by atoms with Crippen LogP contribution in [0.3, 0.4) is 0 Å². The number of allylic oxidation sites excluding steroid dienone is 4. The van der Waals surface area contributed by atoms with Crippen molar-refractivity contribution in [3.63, 3.8) is 0 Å². The lowest BCUT2D eigenvalue weighted by Gasteiger charge is -2.31. The average molecular weight is 475 g/mol. The van der Waals surface area contributed by atoms with Gasteiger partial charge in [0.15, 0.2) is 0 Å². The van der Waals surface area contributed by atoms with E-state index in [1.54, 1.807) is 24.3 Å². The summed E-state index contributed by atoms with van der Waals surface area (Å²) in [6, 6.07) is 9.75. The molecule has 6 nitrogen and oxygen atoms in total. The number of hydrogen-bond donors (Lipinski definition) is 3. The van der Waals surface area contributed by atoms with E-state index in [4.69, 9.17) is 0 Å². The van der Waals surface area contributed by atoms with E-state index in [1.165, 1.54) is 35.0 Å². The number of anilines is 1. The number of rotatable bonds is 7. The first kappa shape index (κ1) is 23.1. The Hall–Kier alpha value is -3.61. The third kappa shape index (κ3) is 4.43. The fourth-order valence-electron chi connectivity index (χ4n) is 5.77. The summed E-state index contributed by atoms with van der Waals surface area (Å²) < 4.78 is 13.4. The van der Waals surface area contributed by atoms with Gasteiger partial charge in [0.25, 0.3) is 11.5 Å². The number of aromatic nitrogens is 1. The molecule has 7 heteroatoms. The second-order valence-corrected chi connectivity index (χ2v) is 9.62. The topological polar surface area (TPSA) is 77.2 Å². The normalized spacial score (nSPS) is 21.6. The number of hydrogen-bond acceptors (Lipinski definition) is 4. The first-order valence-electron chi connectivity index (χ1n) is 12.4. The van der Waals surface area contributed by atoms with Crippen LogP contribution in [0.2, 0.25) is 0 Å². The maximum Gasteiger partial charge on any atom is 0.260 e. The number of aromatic amines is 1. The number of benzene rings is 1. The third-order valence-corrected chi connectivity index (χ3v) is 7.39. The van der Waals surface area contributed by atoms with Crippen LogP contribution in [0.25, 0.3) is 0 Å². The van der Waals surface area contributed by atoms with Crippen molar-refractivity contribution in [1.29, 1.82) is 0 Å². The van der Waals surface area contributed by atoms with Crippen molar-refractivity contribution in [1.82, 2.24) is 15.7 Å². The molecular weight excluding hydrogens is 443 g/mol. The van der Waals surface area contributed by atoms with E-state index >= 15 is 0 Å². The van der Waals surface area contributed by atoms with Crippen LogP contribution in [0.5, 0.6) is 0 Å². The lowest BCUT2D eigenvalue weighted by atomic mass is 9.78. The Bertz CT molecular complexity index is 1270. The minimum Gasteiger partial charge on any atom is -0.349 e. The van der Waals surface area contributed by atoms with Gasteiger partial charge in [-0.05, 0) is 79.6 Å². The van der Waals surface area contributed by atoms with Crippen molar-refractivity contribution in [2.75, 3.05) is 5.01 Å². The van der Waals surface area contributed by atoms with Gasteiger partial charge in [0.1, 0.15) is 11.4 Å². The highest BCUT2D eigenvalue weighted by Gasteiger charge is 2.38. The summed E-state index contributed by atoms with van der Waals surface area (Å²) in [7, 11) is 0. The highest BCUT2D eigenvalue weighted by atomic mass is 19.1. The third-order valence-electron chi connectivity index (χ3n) is 7.39. The zero-order chi connectivity index (χ0) is 24.5. The minimum absolute atomic E-state index is 0.00734. The first-order chi connectivity index (χ1) is 17.0. The Morgan fingerprint density at radius 2 is 2.06 bits per heavy atom. The zero-order valence-electron chi connectivity index (χ0n) is 20.1. The van der Waals surface area contributed by atoms with Crippen LogP contribution >= 0.6 is 0 Å². The molecule has 182 valence electrons. The molecule has 1 aromatic heterocycles. The number of nitrogens with zero attached hydrogens (tertiary/aromatic N) is 1. The summed E-state index contributed by atoms with van der Waals surface area (Å²) in [5, 5.41) is 5.14. The van der Waals surface area contributed by atoms with Crippen LogP contribution in [0.4, 0.5) is 10.1 Å². The molecule has 1 aliphatic heterocycles. The van der Waals surface area contributed by atoms with Crippen molar-refractivity contribution in [2.45, 2.75) is 52.0 Å². The molecule has 0 saturated carbocycles. The van der Waals surface area contributed by atoms with Crippen molar-refractivity contribution < 1.29 is 9.18 Å². The van der Waals surface area contributed by atoms with Gasteiger partial charge in [0.2, 0.25) is 0 Å². The Kier molecular flexibility index (Phi) is 6.32. The number of amides is 1. The Morgan fingerprint density at radius 1 is 1.26 bits per heavy atom. The van der Waals surface area contributed by atoms with Crippen molar-refractivity contribution >= 4 is 11.6 Å². The van der Waals surface area contributed by atoms with E-state index < -0.39 is 0 Å². The molecule has 0 radical (unpaired) electrons. The molecule has 0 saturated heterocycles.